The molecule has 2 saturated heterocycles. The highest BCUT2D eigenvalue weighted by atomic mass is 32.2. The first-order valence-electron chi connectivity index (χ1n) is 14.0. The maximum atomic E-state index is 6.72. The van der Waals surface area contributed by atoms with Gasteiger partial charge in [0.15, 0.2) is 11.6 Å². The normalized spacial score (nSPS) is 24.5. The van der Waals surface area contributed by atoms with E-state index in [9.17, 15) is 0 Å². The summed E-state index contributed by atoms with van der Waals surface area (Å²) in [4.78, 5) is 24.5. The van der Waals surface area contributed by atoms with E-state index >= 15 is 0 Å². The minimum atomic E-state index is 0.0578. The molecule has 1 unspecified atom stereocenters. The van der Waals surface area contributed by atoms with Gasteiger partial charge in [0.05, 0.1) is 29.9 Å². The Balaban J connectivity index is 0.994. The summed E-state index contributed by atoms with van der Waals surface area (Å²) in [6, 6.07) is 6.51. The lowest BCUT2D eigenvalue weighted by atomic mass is 9.73. The van der Waals surface area contributed by atoms with Gasteiger partial charge in [0, 0.05) is 56.8 Å². The number of hydrogen-bond donors (Lipinski definition) is 1. The first-order valence-corrected chi connectivity index (χ1v) is 14.8. The Morgan fingerprint density at radius 3 is 2.83 bits per heavy atom. The third kappa shape index (κ3) is 4.68. The van der Waals surface area contributed by atoms with Gasteiger partial charge in [-0.15, -0.1) is 0 Å². The monoisotopic (exact) mass is 561 g/mol. The molecule has 0 saturated carbocycles. The molecule has 40 heavy (non-hydrogen) atoms. The van der Waals surface area contributed by atoms with E-state index < -0.39 is 0 Å². The van der Waals surface area contributed by atoms with Crippen molar-refractivity contribution in [1.82, 2.24) is 19.9 Å². The van der Waals surface area contributed by atoms with Gasteiger partial charge in [0.2, 0.25) is 0 Å². The third-order valence-corrected chi connectivity index (χ3v) is 9.91. The molecule has 1 spiro atoms. The van der Waals surface area contributed by atoms with E-state index in [1.807, 2.05) is 36.9 Å². The number of hydrogen-bond acceptors (Lipinski definition) is 11. The number of ether oxygens (including phenoxy) is 3. The Hall–Kier alpha value is -2.99. The topological polar surface area (TPSA) is 112 Å². The highest BCUT2D eigenvalue weighted by molar-refractivity contribution is 7.99. The van der Waals surface area contributed by atoms with Crippen LogP contribution in [0, 0.1) is 11.3 Å². The molecule has 2 fully saturated rings. The zero-order valence-corrected chi connectivity index (χ0v) is 23.6. The molecule has 6 heterocycles. The van der Waals surface area contributed by atoms with Crippen molar-refractivity contribution in [2.75, 3.05) is 56.6 Å². The predicted molar refractivity (Wildman–Crippen MR) is 152 cm³/mol. The Bertz CT molecular complexity index is 1350. The number of nitrogens with two attached hydrogens (primary N) is 1. The molecule has 3 aliphatic heterocycles. The molecule has 3 atom stereocenters. The molecule has 0 aromatic carbocycles. The van der Waals surface area contributed by atoms with E-state index in [0.29, 0.717) is 32.0 Å². The van der Waals surface area contributed by atoms with Crippen LogP contribution >= 0.6 is 11.8 Å². The number of aromatic nitrogens is 4. The summed E-state index contributed by atoms with van der Waals surface area (Å²) in [7, 11) is 1.65. The Morgan fingerprint density at radius 2 is 2.02 bits per heavy atom. The summed E-state index contributed by atoms with van der Waals surface area (Å²) in [6.07, 6.45) is 11.5. The van der Waals surface area contributed by atoms with Crippen molar-refractivity contribution in [3.63, 3.8) is 0 Å². The summed E-state index contributed by atoms with van der Waals surface area (Å²) < 4.78 is 16.9. The Labute approximate surface area is 238 Å². The zero-order valence-electron chi connectivity index (χ0n) is 22.7. The number of methoxy groups -OCH3 is 1. The minimum Gasteiger partial charge on any atom is -0.486 e. The standard InChI is InChI=1S/C29H35N7O3S/c1-37-18-38-16-19-11-20-17-39-26-23(4-8-32-28(26)36(20)15-19)40-25-14-33-24(13-34-25)35-9-5-29(6-10-35)12-22-21(27(29)30)3-2-7-31-22/h2-4,7-8,13-14,19-20,27H,5-6,9-12,15-18,30H2,1H3/t19?,20-,27-/m1/s1. The number of piperidine rings is 1. The lowest BCUT2D eigenvalue weighted by Crippen LogP contribution is -2.44. The fraction of sp³-hybridized carbons (Fsp3) is 0.517. The van der Waals surface area contributed by atoms with E-state index in [2.05, 4.69) is 25.8 Å². The van der Waals surface area contributed by atoms with Crippen molar-refractivity contribution < 1.29 is 14.2 Å². The van der Waals surface area contributed by atoms with Gasteiger partial charge in [0.1, 0.15) is 24.2 Å². The molecule has 3 aromatic heterocycles. The van der Waals surface area contributed by atoms with Crippen LogP contribution in [0.4, 0.5) is 11.6 Å². The quantitative estimate of drug-likeness (QED) is 0.338. The molecular weight excluding hydrogens is 526 g/mol. The van der Waals surface area contributed by atoms with Crippen LogP contribution in [0.3, 0.4) is 0 Å². The van der Waals surface area contributed by atoms with E-state index in [1.165, 1.54) is 11.3 Å². The van der Waals surface area contributed by atoms with Gasteiger partial charge in [-0.05, 0) is 48.8 Å². The lowest BCUT2D eigenvalue weighted by Gasteiger charge is -2.42. The molecule has 7 rings (SSSR count). The van der Waals surface area contributed by atoms with Gasteiger partial charge in [-0.1, -0.05) is 17.8 Å². The molecule has 2 N–H and O–H groups in total. The summed E-state index contributed by atoms with van der Waals surface area (Å²) in [5, 5.41) is 0.836. The van der Waals surface area contributed by atoms with Crippen molar-refractivity contribution >= 4 is 23.4 Å². The molecule has 4 aliphatic rings. The van der Waals surface area contributed by atoms with Gasteiger partial charge in [-0.2, -0.15) is 0 Å². The predicted octanol–water partition coefficient (Wildman–Crippen LogP) is 3.47. The van der Waals surface area contributed by atoms with Crippen molar-refractivity contribution in [3.05, 3.63) is 54.2 Å². The number of anilines is 2. The van der Waals surface area contributed by atoms with Gasteiger partial charge in [-0.3, -0.25) is 4.98 Å². The van der Waals surface area contributed by atoms with Gasteiger partial charge >= 0.3 is 0 Å². The fourth-order valence-corrected chi connectivity index (χ4v) is 7.64. The average molecular weight is 562 g/mol. The maximum absolute atomic E-state index is 6.72. The molecular formula is C29H35N7O3S. The number of fused-ring (bicyclic) bond motifs is 4. The van der Waals surface area contributed by atoms with Crippen LogP contribution < -0.4 is 20.3 Å². The van der Waals surface area contributed by atoms with Crippen molar-refractivity contribution in [1.29, 1.82) is 0 Å². The van der Waals surface area contributed by atoms with Crippen LogP contribution in [0.25, 0.3) is 0 Å². The van der Waals surface area contributed by atoms with E-state index in [-0.39, 0.29) is 11.5 Å². The molecule has 10 nitrogen and oxygen atoms in total. The second-order valence-electron chi connectivity index (χ2n) is 11.3. The van der Waals surface area contributed by atoms with Crippen molar-refractivity contribution in [3.8, 4) is 5.75 Å². The highest BCUT2D eigenvalue weighted by Crippen LogP contribution is 2.50. The Morgan fingerprint density at radius 1 is 1.12 bits per heavy atom. The molecule has 0 bridgehead atoms. The van der Waals surface area contributed by atoms with Gasteiger partial charge < -0.3 is 29.7 Å². The Kier molecular flexibility index (Phi) is 6.99. The smallest absolute Gasteiger partial charge is 0.175 e. The van der Waals surface area contributed by atoms with E-state index in [0.717, 1.165) is 72.6 Å². The number of rotatable bonds is 7. The highest BCUT2D eigenvalue weighted by Gasteiger charge is 2.46. The lowest BCUT2D eigenvalue weighted by molar-refractivity contribution is -0.0414. The fourth-order valence-electron chi connectivity index (χ4n) is 6.83. The first-order chi connectivity index (χ1) is 19.6. The van der Waals surface area contributed by atoms with Crippen LogP contribution in [0.2, 0.25) is 0 Å². The third-order valence-electron chi connectivity index (χ3n) is 8.95. The van der Waals surface area contributed by atoms with Crippen LogP contribution in [0.1, 0.15) is 36.6 Å². The second-order valence-corrected chi connectivity index (χ2v) is 12.4. The van der Waals surface area contributed by atoms with Gasteiger partial charge in [-0.25, -0.2) is 15.0 Å². The van der Waals surface area contributed by atoms with Crippen molar-refractivity contribution in [2.24, 2.45) is 17.1 Å². The van der Waals surface area contributed by atoms with Crippen LogP contribution in [-0.4, -0.2) is 72.7 Å². The maximum Gasteiger partial charge on any atom is 0.175 e. The van der Waals surface area contributed by atoms with E-state index in [1.54, 1.807) is 18.9 Å². The van der Waals surface area contributed by atoms with Crippen molar-refractivity contribution in [2.45, 2.75) is 47.7 Å². The summed E-state index contributed by atoms with van der Waals surface area (Å²) >= 11 is 1.57. The van der Waals surface area contributed by atoms with Crippen LogP contribution in [-0.2, 0) is 15.9 Å². The van der Waals surface area contributed by atoms with E-state index in [4.69, 9.17) is 29.9 Å². The summed E-state index contributed by atoms with van der Waals surface area (Å²) in [6.45, 7) is 4.41. The molecule has 0 amide bonds. The summed E-state index contributed by atoms with van der Waals surface area (Å²) in [5.74, 6) is 3.09. The van der Waals surface area contributed by atoms with Crippen LogP contribution in [0.5, 0.6) is 5.75 Å². The molecule has 3 aromatic rings. The van der Waals surface area contributed by atoms with Crippen LogP contribution in [0.15, 0.2) is 52.9 Å². The zero-order chi connectivity index (χ0) is 27.1. The SMILES string of the molecule is COCOCC1C[C@@H]2COc3c(Sc4cnc(N5CCC6(CC5)Cc5ncccc5[C@H]6N)cn4)ccnc3N2C1. The van der Waals surface area contributed by atoms with Gasteiger partial charge in [0.25, 0.3) is 0 Å². The number of pyridine rings is 2. The molecule has 11 heteroatoms. The average Bonchev–Trinajstić information content (AvgIpc) is 3.53. The first kappa shape index (κ1) is 25.9. The second kappa shape index (κ2) is 10.8. The molecule has 210 valence electrons. The number of nitrogens with zero attached hydrogens (tertiary/aromatic N) is 6. The minimum absolute atomic E-state index is 0.0578. The summed E-state index contributed by atoms with van der Waals surface area (Å²) in [5.41, 5.74) is 9.21. The molecule has 0 radical (unpaired) electrons. The molecule has 1 aliphatic carbocycles. The largest absolute Gasteiger partial charge is 0.486 e.